The van der Waals surface area contributed by atoms with Crippen LogP contribution in [0.1, 0.15) is 32.6 Å². The van der Waals surface area contributed by atoms with E-state index in [2.05, 4.69) is 17.6 Å². The highest BCUT2D eigenvalue weighted by Crippen LogP contribution is 2.25. The van der Waals surface area contributed by atoms with Gasteiger partial charge in [0.1, 0.15) is 12.1 Å². The van der Waals surface area contributed by atoms with Crippen molar-refractivity contribution in [1.82, 2.24) is 10.6 Å². The topological polar surface area (TPSA) is 67.4 Å². The molecule has 1 amide bonds. The molecule has 1 heterocycles. The van der Waals surface area contributed by atoms with Crippen molar-refractivity contribution in [2.75, 3.05) is 13.1 Å². The van der Waals surface area contributed by atoms with Gasteiger partial charge in [0.2, 0.25) is 5.91 Å². The Balaban J connectivity index is 1.75. The first-order chi connectivity index (χ1) is 8.15. The summed E-state index contributed by atoms with van der Waals surface area (Å²) in [6.07, 6.45) is 4.26. The van der Waals surface area contributed by atoms with E-state index in [4.69, 9.17) is 4.74 Å². The molecule has 0 radical (unpaired) electrons. The maximum Gasteiger partial charge on any atom is 0.325 e. The Kier molecular flexibility index (Phi) is 3.99. The lowest BCUT2D eigenvalue weighted by molar-refractivity contribution is -0.154. The summed E-state index contributed by atoms with van der Waals surface area (Å²) in [5, 5.41) is 5.54. The molecule has 1 aliphatic carbocycles. The molecule has 0 aromatic carbocycles. The normalized spacial score (nSPS) is 33.9. The van der Waals surface area contributed by atoms with E-state index in [1.165, 1.54) is 0 Å². The van der Waals surface area contributed by atoms with Crippen molar-refractivity contribution >= 4 is 11.9 Å². The molecular formula is C12H20N2O3. The van der Waals surface area contributed by atoms with Crippen molar-refractivity contribution in [1.29, 1.82) is 0 Å². The number of carbonyl (C=O) groups is 2. The number of hydrogen-bond donors (Lipinski definition) is 2. The van der Waals surface area contributed by atoms with Crippen molar-refractivity contribution in [3.05, 3.63) is 0 Å². The third-order valence-corrected chi connectivity index (χ3v) is 3.54. The SMILES string of the molecule is CC1CCC(OC(=O)C2CNC(=O)CN2)CC1. The predicted molar refractivity (Wildman–Crippen MR) is 62.3 cm³/mol. The number of nitrogens with one attached hydrogen (secondary N) is 2. The number of piperazine rings is 1. The summed E-state index contributed by atoms with van der Waals surface area (Å²) >= 11 is 0. The van der Waals surface area contributed by atoms with E-state index in [0.717, 1.165) is 31.6 Å². The standard InChI is InChI=1S/C12H20N2O3/c1-8-2-4-9(5-3-8)17-12(16)10-6-14-11(15)7-13-10/h8-10,13H,2-7H2,1H3,(H,14,15). The molecular weight excluding hydrogens is 220 g/mol. The lowest BCUT2D eigenvalue weighted by Gasteiger charge is -2.29. The van der Waals surface area contributed by atoms with Gasteiger partial charge in [-0.1, -0.05) is 6.92 Å². The molecule has 2 aliphatic rings. The van der Waals surface area contributed by atoms with Crippen molar-refractivity contribution < 1.29 is 14.3 Å². The Morgan fingerprint density at radius 2 is 2.00 bits per heavy atom. The molecule has 1 unspecified atom stereocenters. The fourth-order valence-corrected chi connectivity index (χ4v) is 2.33. The van der Waals surface area contributed by atoms with Crippen molar-refractivity contribution in [3.8, 4) is 0 Å². The molecule has 2 fully saturated rings. The number of amides is 1. The minimum Gasteiger partial charge on any atom is -0.461 e. The largest absolute Gasteiger partial charge is 0.461 e. The molecule has 5 nitrogen and oxygen atoms in total. The quantitative estimate of drug-likeness (QED) is 0.676. The Morgan fingerprint density at radius 3 is 2.59 bits per heavy atom. The van der Waals surface area contributed by atoms with Crippen molar-refractivity contribution in [3.63, 3.8) is 0 Å². The molecule has 1 aliphatic heterocycles. The van der Waals surface area contributed by atoms with Crippen LogP contribution in [0.25, 0.3) is 0 Å². The van der Waals surface area contributed by atoms with Crippen LogP contribution in [0.3, 0.4) is 0 Å². The summed E-state index contributed by atoms with van der Waals surface area (Å²) in [4.78, 5) is 22.8. The van der Waals surface area contributed by atoms with Gasteiger partial charge in [-0.25, -0.2) is 0 Å². The zero-order chi connectivity index (χ0) is 12.3. The molecule has 17 heavy (non-hydrogen) atoms. The van der Waals surface area contributed by atoms with Gasteiger partial charge in [-0.2, -0.15) is 0 Å². The minimum atomic E-state index is -0.382. The van der Waals surface area contributed by atoms with Crippen LogP contribution in [0.2, 0.25) is 0 Å². The van der Waals surface area contributed by atoms with Crippen LogP contribution in [-0.4, -0.2) is 37.1 Å². The number of esters is 1. The fourth-order valence-electron chi connectivity index (χ4n) is 2.33. The highest BCUT2D eigenvalue weighted by molar-refractivity contribution is 5.83. The molecule has 2 N–H and O–H groups in total. The lowest BCUT2D eigenvalue weighted by atomic mass is 9.89. The van der Waals surface area contributed by atoms with Crippen molar-refractivity contribution in [2.24, 2.45) is 5.92 Å². The second-order valence-electron chi connectivity index (χ2n) is 5.06. The van der Waals surface area contributed by atoms with Crippen LogP contribution in [0.4, 0.5) is 0 Å². The molecule has 0 aromatic heterocycles. The van der Waals surface area contributed by atoms with E-state index in [1.54, 1.807) is 0 Å². The van der Waals surface area contributed by atoms with Gasteiger partial charge in [0.05, 0.1) is 6.54 Å². The Labute approximate surface area is 101 Å². The van der Waals surface area contributed by atoms with E-state index in [-0.39, 0.29) is 30.6 Å². The van der Waals surface area contributed by atoms with Crippen LogP contribution in [-0.2, 0) is 14.3 Å². The van der Waals surface area contributed by atoms with Gasteiger partial charge in [-0.3, -0.25) is 14.9 Å². The van der Waals surface area contributed by atoms with E-state index in [1.807, 2.05) is 0 Å². The summed E-state index contributed by atoms with van der Waals surface area (Å²) < 4.78 is 5.46. The third kappa shape index (κ3) is 3.43. The zero-order valence-electron chi connectivity index (χ0n) is 10.2. The Morgan fingerprint density at radius 1 is 1.29 bits per heavy atom. The average molecular weight is 240 g/mol. The van der Waals surface area contributed by atoms with Gasteiger partial charge in [-0.15, -0.1) is 0 Å². The number of hydrogen-bond acceptors (Lipinski definition) is 4. The maximum atomic E-state index is 11.8. The Hall–Kier alpha value is -1.10. The van der Waals surface area contributed by atoms with Gasteiger partial charge in [-0.05, 0) is 31.6 Å². The van der Waals surface area contributed by atoms with Gasteiger partial charge in [0, 0.05) is 6.54 Å². The Bertz CT molecular complexity index is 288. The number of rotatable bonds is 2. The summed E-state index contributed by atoms with van der Waals surface area (Å²) in [5.74, 6) is 0.446. The zero-order valence-corrected chi connectivity index (χ0v) is 10.2. The molecule has 5 heteroatoms. The first kappa shape index (κ1) is 12.4. The first-order valence-electron chi connectivity index (χ1n) is 6.35. The second-order valence-corrected chi connectivity index (χ2v) is 5.06. The van der Waals surface area contributed by atoms with Crippen molar-refractivity contribution in [2.45, 2.75) is 44.8 Å². The highest BCUT2D eigenvalue weighted by Gasteiger charge is 2.28. The smallest absolute Gasteiger partial charge is 0.325 e. The third-order valence-electron chi connectivity index (χ3n) is 3.54. The van der Waals surface area contributed by atoms with E-state index in [0.29, 0.717) is 6.54 Å². The van der Waals surface area contributed by atoms with Crippen LogP contribution in [0.5, 0.6) is 0 Å². The van der Waals surface area contributed by atoms with E-state index < -0.39 is 0 Å². The van der Waals surface area contributed by atoms with Crippen LogP contribution in [0, 0.1) is 5.92 Å². The lowest BCUT2D eigenvalue weighted by Crippen LogP contribution is -2.56. The number of ether oxygens (including phenoxy) is 1. The molecule has 96 valence electrons. The summed E-state index contributed by atoms with van der Waals surface area (Å²) in [6, 6.07) is -0.382. The molecule has 1 atom stereocenters. The highest BCUT2D eigenvalue weighted by atomic mass is 16.5. The van der Waals surface area contributed by atoms with Crippen LogP contribution in [0.15, 0.2) is 0 Å². The average Bonchev–Trinajstić information content (AvgIpc) is 2.33. The number of carbonyl (C=O) groups excluding carboxylic acids is 2. The summed E-state index contributed by atoms with van der Waals surface area (Å²) in [7, 11) is 0. The predicted octanol–water partition coefficient (Wildman–Crippen LogP) is 0.196. The van der Waals surface area contributed by atoms with Gasteiger partial charge in [0.15, 0.2) is 0 Å². The first-order valence-corrected chi connectivity index (χ1v) is 6.35. The molecule has 1 saturated carbocycles. The van der Waals surface area contributed by atoms with Gasteiger partial charge < -0.3 is 10.1 Å². The molecule has 0 bridgehead atoms. The fraction of sp³-hybridized carbons (Fsp3) is 0.833. The van der Waals surface area contributed by atoms with E-state index >= 15 is 0 Å². The summed E-state index contributed by atoms with van der Waals surface area (Å²) in [6.45, 7) is 2.76. The van der Waals surface area contributed by atoms with E-state index in [9.17, 15) is 9.59 Å². The molecule has 0 aromatic rings. The van der Waals surface area contributed by atoms with Gasteiger partial charge >= 0.3 is 5.97 Å². The maximum absolute atomic E-state index is 11.8. The van der Waals surface area contributed by atoms with Crippen LogP contribution < -0.4 is 10.6 Å². The monoisotopic (exact) mass is 240 g/mol. The second kappa shape index (κ2) is 5.49. The van der Waals surface area contributed by atoms with Crippen LogP contribution >= 0.6 is 0 Å². The molecule has 1 saturated heterocycles. The molecule has 0 spiro atoms. The minimum absolute atomic E-state index is 0.0677. The molecule has 2 rings (SSSR count). The summed E-state index contributed by atoms with van der Waals surface area (Å²) in [5.41, 5.74) is 0. The van der Waals surface area contributed by atoms with Gasteiger partial charge in [0.25, 0.3) is 0 Å².